The van der Waals surface area contributed by atoms with E-state index >= 15 is 0 Å². The second kappa shape index (κ2) is 4.19. The zero-order valence-corrected chi connectivity index (χ0v) is 10.1. The summed E-state index contributed by atoms with van der Waals surface area (Å²) in [6, 6.07) is 1.63. The Hall–Kier alpha value is -1.72. The molecule has 1 aromatic carbocycles. The standard InChI is InChI=1S/C12H13F3O3/c1-11(2,3)7-4-6(8(16)5-9(7)17)10(18)12(13,14)15/h4-5,16-17H,1-3H3. The lowest BCUT2D eigenvalue weighted by atomic mass is 9.84. The number of aromatic hydroxyl groups is 2. The van der Waals surface area contributed by atoms with Crippen molar-refractivity contribution < 1.29 is 28.2 Å². The van der Waals surface area contributed by atoms with E-state index in [0.29, 0.717) is 0 Å². The highest BCUT2D eigenvalue weighted by atomic mass is 19.4. The van der Waals surface area contributed by atoms with Gasteiger partial charge < -0.3 is 10.2 Å². The van der Waals surface area contributed by atoms with Crippen molar-refractivity contribution in [1.29, 1.82) is 0 Å². The lowest BCUT2D eigenvalue weighted by Crippen LogP contribution is -2.23. The molecule has 0 amide bonds. The third kappa shape index (κ3) is 2.75. The lowest BCUT2D eigenvalue weighted by molar-refractivity contribution is -0.0886. The van der Waals surface area contributed by atoms with Crippen LogP contribution >= 0.6 is 0 Å². The molecule has 6 heteroatoms. The molecular formula is C12H13F3O3. The predicted octanol–water partition coefficient (Wildman–Crippen LogP) is 3.14. The van der Waals surface area contributed by atoms with E-state index in [-0.39, 0.29) is 11.3 Å². The number of Topliss-reactive ketones (excluding diaryl/α,β-unsaturated/α-hetero) is 1. The van der Waals surface area contributed by atoms with Gasteiger partial charge in [-0.15, -0.1) is 0 Å². The molecular weight excluding hydrogens is 249 g/mol. The van der Waals surface area contributed by atoms with Gasteiger partial charge in [0.2, 0.25) is 0 Å². The van der Waals surface area contributed by atoms with Crippen LogP contribution in [0.25, 0.3) is 0 Å². The van der Waals surface area contributed by atoms with Crippen LogP contribution in [0.2, 0.25) is 0 Å². The predicted molar refractivity (Wildman–Crippen MR) is 58.9 cm³/mol. The number of hydrogen-bond acceptors (Lipinski definition) is 3. The molecule has 0 bridgehead atoms. The number of alkyl halides is 3. The fourth-order valence-corrected chi connectivity index (χ4v) is 1.51. The van der Waals surface area contributed by atoms with Gasteiger partial charge in [0, 0.05) is 11.6 Å². The molecule has 0 aromatic heterocycles. The molecule has 2 N–H and O–H groups in total. The van der Waals surface area contributed by atoms with Gasteiger partial charge in [-0.1, -0.05) is 20.8 Å². The van der Waals surface area contributed by atoms with Gasteiger partial charge in [-0.25, -0.2) is 0 Å². The van der Waals surface area contributed by atoms with Gasteiger partial charge in [0.15, 0.2) is 0 Å². The summed E-state index contributed by atoms with van der Waals surface area (Å²) in [7, 11) is 0. The quantitative estimate of drug-likeness (QED) is 0.764. The monoisotopic (exact) mass is 262 g/mol. The third-order valence-corrected chi connectivity index (χ3v) is 2.42. The van der Waals surface area contributed by atoms with Crippen LogP contribution in [0.4, 0.5) is 13.2 Å². The molecule has 0 aliphatic rings. The topological polar surface area (TPSA) is 57.5 Å². The maximum Gasteiger partial charge on any atom is 0.455 e. The smallest absolute Gasteiger partial charge is 0.455 e. The zero-order chi connectivity index (χ0) is 14.3. The van der Waals surface area contributed by atoms with E-state index in [9.17, 15) is 28.2 Å². The minimum atomic E-state index is -5.07. The zero-order valence-electron chi connectivity index (χ0n) is 10.1. The van der Waals surface area contributed by atoms with E-state index in [1.807, 2.05) is 0 Å². The summed E-state index contributed by atoms with van der Waals surface area (Å²) in [6.45, 7) is 5.00. The number of rotatable bonds is 1. The second-order valence-electron chi connectivity index (χ2n) is 4.96. The first-order valence-corrected chi connectivity index (χ1v) is 5.12. The van der Waals surface area contributed by atoms with Gasteiger partial charge in [0.25, 0.3) is 5.78 Å². The molecule has 0 unspecified atom stereocenters. The van der Waals surface area contributed by atoms with Gasteiger partial charge in [-0.05, 0) is 11.5 Å². The molecule has 0 saturated heterocycles. The van der Waals surface area contributed by atoms with Crippen molar-refractivity contribution in [2.45, 2.75) is 32.4 Å². The van der Waals surface area contributed by atoms with Crippen LogP contribution in [0.15, 0.2) is 12.1 Å². The fourth-order valence-electron chi connectivity index (χ4n) is 1.51. The van der Waals surface area contributed by atoms with E-state index in [1.54, 1.807) is 20.8 Å². The molecule has 100 valence electrons. The lowest BCUT2D eigenvalue weighted by Gasteiger charge is -2.21. The van der Waals surface area contributed by atoms with Crippen molar-refractivity contribution in [1.82, 2.24) is 0 Å². The maximum absolute atomic E-state index is 12.3. The second-order valence-corrected chi connectivity index (χ2v) is 4.96. The van der Waals surface area contributed by atoms with E-state index in [2.05, 4.69) is 0 Å². The Labute approximate surface area is 102 Å². The number of benzene rings is 1. The molecule has 0 aliphatic carbocycles. The molecule has 0 radical (unpaired) electrons. The molecule has 0 fully saturated rings. The van der Waals surface area contributed by atoms with E-state index in [4.69, 9.17) is 0 Å². The first-order valence-electron chi connectivity index (χ1n) is 5.12. The molecule has 3 nitrogen and oxygen atoms in total. The van der Waals surface area contributed by atoms with E-state index < -0.39 is 28.7 Å². The number of carbonyl (C=O) groups is 1. The van der Waals surface area contributed by atoms with Crippen LogP contribution in [0.5, 0.6) is 11.5 Å². The summed E-state index contributed by atoms with van der Waals surface area (Å²) < 4.78 is 37.0. The molecule has 0 spiro atoms. The minimum Gasteiger partial charge on any atom is -0.508 e. The van der Waals surface area contributed by atoms with Gasteiger partial charge >= 0.3 is 6.18 Å². The Morgan fingerprint density at radius 2 is 1.56 bits per heavy atom. The highest BCUT2D eigenvalue weighted by Gasteiger charge is 2.41. The van der Waals surface area contributed by atoms with Crippen LogP contribution in [-0.4, -0.2) is 22.2 Å². The highest BCUT2D eigenvalue weighted by molar-refractivity contribution is 6.02. The molecule has 0 aliphatic heterocycles. The van der Waals surface area contributed by atoms with Crippen LogP contribution in [0.3, 0.4) is 0 Å². The maximum atomic E-state index is 12.3. The largest absolute Gasteiger partial charge is 0.508 e. The molecule has 18 heavy (non-hydrogen) atoms. The van der Waals surface area contributed by atoms with Crippen molar-refractivity contribution in [2.75, 3.05) is 0 Å². The normalized spacial score (nSPS) is 12.6. The summed E-state index contributed by atoms with van der Waals surface area (Å²) in [5, 5.41) is 18.9. The van der Waals surface area contributed by atoms with Crippen LogP contribution < -0.4 is 0 Å². The van der Waals surface area contributed by atoms with Gasteiger partial charge in [0.05, 0.1) is 5.56 Å². The summed E-state index contributed by atoms with van der Waals surface area (Å²) in [4.78, 5) is 11.1. The van der Waals surface area contributed by atoms with Gasteiger partial charge in [-0.3, -0.25) is 4.79 Å². The molecule has 1 aromatic rings. The Bertz CT molecular complexity index is 485. The van der Waals surface area contributed by atoms with Crippen molar-refractivity contribution in [2.24, 2.45) is 0 Å². The average Bonchev–Trinajstić information content (AvgIpc) is 2.13. The average molecular weight is 262 g/mol. The number of halogens is 3. The van der Waals surface area contributed by atoms with Crippen LogP contribution in [0, 0.1) is 0 Å². The summed E-state index contributed by atoms with van der Waals surface area (Å²) in [6.07, 6.45) is -5.07. The van der Waals surface area contributed by atoms with Gasteiger partial charge in [0.1, 0.15) is 11.5 Å². The van der Waals surface area contributed by atoms with Crippen LogP contribution in [0.1, 0.15) is 36.7 Å². The van der Waals surface area contributed by atoms with Crippen LogP contribution in [-0.2, 0) is 5.41 Å². The van der Waals surface area contributed by atoms with Crippen molar-refractivity contribution in [3.63, 3.8) is 0 Å². The summed E-state index contributed by atoms with van der Waals surface area (Å²) >= 11 is 0. The van der Waals surface area contributed by atoms with Crippen molar-refractivity contribution in [3.8, 4) is 11.5 Å². The molecule has 0 saturated carbocycles. The number of phenolic OH excluding ortho intramolecular Hbond substituents is 2. The molecule has 0 atom stereocenters. The first-order chi connectivity index (χ1) is 7.94. The van der Waals surface area contributed by atoms with E-state index in [1.165, 1.54) is 0 Å². The number of phenols is 2. The van der Waals surface area contributed by atoms with Crippen molar-refractivity contribution in [3.05, 3.63) is 23.3 Å². The van der Waals surface area contributed by atoms with Gasteiger partial charge in [-0.2, -0.15) is 13.2 Å². The molecule has 1 rings (SSSR count). The summed E-state index contributed by atoms with van der Waals surface area (Å²) in [5.74, 6) is -3.37. The number of hydrogen-bond donors (Lipinski definition) is 2. The summed E-state index contributed by atoms with van der Waals surface area (Å²) in [5.41, 5.74) is -1.35. The Balaban J connectivity index is 3.44. The number of carbonyl (C=O) groups excluding carboxylic acids is 1. The van der Waals surface area contributed by atoms with E-state index in [0.717, 1.165) is 12.1 Å². The Morgan fingerprint density at radius 3 is 1.94 bits per heavy atom. The fraction of sp³-hybridized carbons (Fsp3) is 0.417. The minimum absolute atomic E-state index is 0.160. The third-order valence-electron chi connectivity index (χ3n) is 2.42. The highest BCUT2D eigenvalue weighted by Crippen LogP contribution is 2.37. The Kier molecular flexibility index (Phi) is 3.34. The van der Waals surface area contributed by atoms with Crippen molar-refractivity contribution >= 4 is 5.78 Å². The SMILES string of the molecule is CC(C)(C)c1cc(C(=O)C(F)(F)F)c(O)cc1O. The first kappa shape index (κ1) is 14.3. The molecule has 0 heterocycles. The number of ketones is 1. The Morgan fingerprint density at radius 1 is 1.06 bits per heavy atom.